The maximum Gasteiger partial charge on any atom is 0.0780 e. The lowest BCUT2D eigenvalue weighted by molar-refractivity contribution is -0.870. The van der Waals surface area contributed by atoms with E-state index < -0.39 is 0 Å². The number of hydrogen-bond donors (Lipinski definition) is 0. The Morgan fingerprint density at radius 1 is 0.594 bits per heavy atom. The van der Waals surface area contributed by atoms with Gasteiger partial charge in [-0.05, 0) is 52.4 Å². The zero-order valence-electron chi connectivity index (χ0n) is 20.7. The molecule has 0 heterocycles. The van der Waals surface area contributed by atoms with Gasteiger partial charge in [-0.25, -0.2) is 0 Å². The fourth-order valence-electron chi connectivity index (χ4n) is 4.64. The van der Waals surface area contributed by atoms with Crippen molar-refractivity contribution in [1.29, 1.82) is 0 Å². The molecule has 32 heavy (non-hydrogen) atoms. The highest BCUT2D eigenvalue weighted by Crippen LogP contribution is 2.29. The minimum absolute atomic E-state index is 0.704. The van der Waals surface area contributed by atoms with Crippen molar-refractivity contribution in [2.45, 2.75) is 70.8 Å². The van der Waals surface area contributed by atoms with Gasteiger partial charge in [-0.1, -0.05) is 93.5 Å². The molecule has 0 N–H and O–H groups in total. The van der Waals surface area contributed by atoms with Gasteiger partial charge in [0, 0.05) is 6.61 Å². The summed E-state index contributed by atoms with van der Waals surface area (Å²) in [7, 11) is 6.87. The maximum atomic E-state index is 6.14. The Labute approximate surface area is 196 Å². The van der Waals surface area contributed by atoms with E-state index in [9.17, 15) is 0 Å². The lowest BCUT2D eigenvalue weighted by Gasteiger charge is -2.23. The van der Waals surface area contributed by atoms with Crippen LogP contribution in [0.25, 0.3) is 21.5 Å². The largest absolute Gasteiger partial charge is 0.377 e. The van der Waals surface area contributed by atoms with Crippen molar-refractivity contribution in [1.82, 2.24) is 0 Å². The van der Waals surface area contributed by atoms with Gasteiger partial charge in [0.15, 0.2) is 0 Å². The molecule has 0 unspecified atom stereocenters. The Morgan fingerprint density at radius 3 is 1.59 bits per heavy atom. The van der Waals surface area contributed by atoms with Crippen molar-refractivity contribution in [2.24, 2.45) is 0 Å². The summed E-state index contributed by atoms with van der Waals surface area (Å²) in [6.45, 7) is 2.87. The molecule has 3 aromatic carbocycles. The van der Waals surface area contributed by atoms with E-state index in [-0.39, 0.29) is 0 Å². The normalized spacial score (nSPS) is 12.1. The molecule has 0 amide bonds. The van der Waals surface area contributed by atoms with Gasteiger partial charge in [-0.15, -0.1) is 0 Å². The number of rotatable bonds is 15. The van der Waals surface area contributed by atoms with Crippen LogP contribution in [0.3, 0.4) is 0 Å². The second kappa shape index (κ2) is 13.0. The summed E-state index contributed by atoms with van der Waals surface area (Å²) in [4.78, 5) is 0. The van der Waals surface area contributed by atoms with Crippen molar-refractivity contribution in [3.8, 4) is 0 Å². The van der Waals surface area contributed by atoms with Crippen LogP contribution in [0.15, 0.2) is 54.6 Å². The third-order valence-corrected chi connectivity index (χ3v) is 6.50. The molecule has 174 valence electrons. The van der Waals surface area contributed by atoms with E-state index >= 15 is 0 Å². The first-order chi connectivity index (χ1) is 15.5. The Bertz CT molecular complexity index is 886. The smallest absolute Gasteiger partial charge is 0.0780 e. The molecular weight excluding hydrogens is 390 g/mol. The number of unbranched alkanes of at least 4 members (excludes halogenated alkanes) is 9. The summed E-state index contributed by atoms with van der Waals surface area (Å²) in [5.41, 5.74) is 1.33. The van der Waals surface area contributed by atoms with E-state index in [0.717, 1.165) is 11.1 Å². The number of quaternary nitrogens is 1. The van der Waals surface area contributed by atoms with Gasteiger partial charge in [0.05, 0.1) is 34.3 Å². The molecule has 0 saturated carbocycles. The second-order valence-corrected chi connectivity index (χ2v) is 10.4. The average Bonchev–Trinajstić information content (AvgIpc) is 2.78. The van der Waals surface area contributed by atoms with Gasteiger partial charge in [0.25, 0.3) is 0 Å². The molecule has 3 aromatic rings. The van der Waals surface area contributed by atoms with E-state index in [1.807, 2.05) is 0 Å². The Morgan fingerprint density at radius 2 is 1.06 bits per heavy atom. The van der Waals surface area contributed by atoms with E-state index in [4.69, 9.17) is 4.74 Å². The molecule has 0 spiro atoms. The fraction of sp³-hybridized carbons (Fsp3) is 0.533. The van der Waals surface area contributed by atoms with Crippen LogP contribution in [-0.2, 0) is 11.3 Å². The summed E-state index contributed by atoms with van der Waals surface area (Å²) in [5.74, 6) is 0. The van der Waals surface area contributed by atoms with Crippen LogP contribution in [0.2, 0.25) is 0 Å². The van der Waals surface area contributed by atoms with Crippen molar-refractivity contribution in [2.75, 3.05) is 34.3 Å². The number of hydrogen-bond acceptors (Lipinski definition) is 1. The highest BCUT2D eigenvalue weighted by Gasteiger charge is 2.07. The molecule has 0 saturated heterocycles. The summed E-state index contributed by atoms with van der Waals surface area (Å²) in [5, 5.41) is 5.25. The topological polar surface area (TPSA) is 9.23 Å². The molecule has 0 aliphatic rings. The molecule has 0 fully saturated rings. The summed E-state index contributed by atoms with van der Waals surface area (Å²) in [6, 6.07) is 19.7. The van der Waals surface area contributed by atoms with Gasteiger partial charge in [0.2, 0.25) is 0 Å². The van der Waals surface area contributed by atoms with E-state index in [0.29, 0.717) is 6.61 Å². The fourth-order valence-corrected chi connectivity index (χ4v) is 4.64. The summed E-state index contributed by atoms with van der Waals surface area (Å²) < 4.78 is 7.24. The molecule has 3 rings (SSSR count). The lowest BCUT2D eigenvalue weighted by atomic mass is 9.97. The number of fused-ring (bicyclic) bond motifs is 2. The molecular formula is C30H44NO+. The van der Waals surface area contributed by atoms with Crippen LogP contribution in [0.5, 0.6) is 0 Å². The first kappa shape index (κ1) is 24.7. The van der Waals surface area contributed by atoms with E-state index in [1.54, 1.807) is 0 Å². The van der Waals surface area contributed by atoms with Crippen LogP contribution in [-0.4, -0.2) is 38.8 Å². The van der Waals surface area contributed by atoms with Crippen LogP contribution in [0.1, 0.15) is 69.8 Å². The SMILES string of the molecule is C[N+](C)(C)CCCCCCCCCCCCOCc1c2ccccc2cc2ccccc12. The first-order valence-electron chi connectivity index (χ1n) is 12.8. The molecule has 0 radical (unpaired) electrons. The predicted octanol–water partition coefficient (Wildman–Crippen LogP) is 8.12. The minimum atomic E-state index is 0.704. The quantitative estimate of drug-likeness (QED) is 0.133. The third kappa shape index (κ3) is 8.22. The van der Waals surface area contributed by atoms with Gasteiger partial charge >= 0.3 is 0 Å². The lowest BCUT2D eigenvalue weighted by Crippen LogP contribution is -2.35. The van der Waals surface area contributed by atoms with Gasteiger partial charge in [0.1, 0.15) is 0 Å². The Hall–Kier alpha value is -1.90. The molecule has 0 aliphatic heterocycles. The van der Waals surface area contributed by atoms with Crippen molar-refractivity contribution in [3.63, 3.8) is 0 Å². The first-order valence-corrected chi connectivity index (χ1v) is 12.8. The molecule has 0 atom stereocenters. The molecule has 0 bridgehead atoms. The minimum Gasteiger partial charge on any atom is -0.377 e. The highest BCUT2D eigenvalue weighted by molar-refractivity contribution is 6.02. The van der Waals surface area contributed by atoms with E-state index in [2.05, 4.69) is 75.7 Å². The predicted molar refractivity (Wildman–Crippen MR) is 140 cm³/mol. The van der Waals surface area contributed by atoms with Crippen molar-refractivity contribution >= 4 is 21.5 Å². The third-order valence-electron chi connectivity index (χ3n) is 6.50. The number of nitrogens with zero attached hydrogens (tertiary/aromatic N) is 1. The maximum absolute atomic E-state index is 6.14. The monoisotopic (exact) mass is 434 g/mol. The molecule has 2 nitrogen and oxygen atoms in total. The number of benzene rings is 3. The molecule has 0 aromatic heterocycles. The summed E-state index contributed by atoms with van der Waals surface area (Å²) in [6.07, 6.45) is 13.6. The zero-order chi connectivity index (χ0) is 22.7. The van der Waals surface area contributed by atoms with Crippen LogP contribution in [0.4, 0.5) is 0 Å². The Balaban J connectivity index is 1.27. The van der Waals surface area contributed by atoms with Crippen LogP contribution < -0.4 is 0 Å². The summed E-state index contributed by atoms with van der Waals surface area (Å²) >= 11 is 0. The standard InChI is InChI=1S/C30H44NO/c1-31(2,3)22-16-10-8-6-4-5-7-9-11-17-23-32-25-30-28-20-14-12-18-26(28)24-27-19-13-15-21-29(27)30/h12-15,18-21,24H,4-11,16-17,22-23,25H2,1-3H3/q+1. The van der Waals surface area contributed by atoms with E-state index in [1.165, 1.54) is 97.9 Å². The van der Waals surface area contributed by atoms with Crippen LogP contribution >= 0.6 is 0 Å². The van der Waals surface area contributed by atoms with Crippen molar-refractivity contribution in [3.05, 3.63) is 60.2 Å². The van der Waals surface area contributed by atoms with Gasteiger partial charge in [-0.3, -0.25) is 0 Å². The van der Waals surface area contributed by atoms with Crippen LogP contribution in [0, 0.1) is 0 Å². The highest BCUT2D eigenvalue weighted by atomic mass is 16.5. The average molecular weight is 435 g/mol. The van der Waals surface area contributed by atoms with Gasteiger partial charge in [-0.2, -0.15) is 0 Å². The zero-order valence-corrected chi connectivity index (χ0v) is 20.7. The van der Waals surface area contributed by atoms with Crippen molar-refractivity contribution < 1.29 is 9.22 Å². The second-order valence-electron chi connectivity index (χ2n) is 10.4. The Kier molecular flexibility index (Phi) is 10.0. The molecule has 0 aliphatic carbocycles. The van der Waals surface area contributed by atoms with Gasteiger partial charge < -0.3 is 9.22 Å². The molecule has 2 heteroatoms. The number of ether oxygens (including phenoxy) is 1.